The van der Waals surface area contributed by atoms with Crippen molar-refractivity contribution in [2.24, 2.45) is 5.92 Å². The van der Waals surface area contributed by atoms with E-state index in [2.05, 4.69) is 45.9 Å². The molecule has 2 nitrogen and oxygen atoms in total. The summed E-state index contributed by atoms with van der Waals surface area (Å²) in [5.74, 6) is 2.25. The number of rotatable bonds is 8. The fourth-order valence-electron chi connectivity index (χ4n) is 2.13. The molecule has 0 aromatic heterocycles. The van der Waals surface area contributed by atoms with E-state index < -0.39 is 0 Å². The third-order valence-electron chi connectivity index (χ3n) is 3.26. The number of carbonyl (C=O) groups excluding carboxylic acids is 1. The summed E-state index contributed by atoms with van der Waals surface area (Å²) in [5.41, 5.74) is 2.57. The summed E-state index contributed by atoms with van der Waals surface area (Å²) in [6.45, 7) is 11.1. The van der Waals surface area contributed by atoms with Crippen molar-refractivity contribution in [2.45, 2.75) is 59.8 Å². The molecular formula is C18H28O2. The van der Waals surface area contributed by atoms with Crippen molar-refractivity contribution in [2.75, 3.05) is 6.61 Å². The largest absolute Gasteiger partial charge is 0.493 e. The Balaban J connectivity index is 2.75. The molecule has 0 aliphatic heterocycles. The maximum Gasteiger partial charge on any atom is 0.129 e. The topological polar surface area (TPSA) is 26.3 Å². The molecule has 0 bridgehead atoms. The van der Waals surface area contributed by atoms with Gasteiger partial charge >= 0.3 is 0 Å². The highest BCUT2D eigenvalue weighted by atomic mass is 16.5. The first-order valence-corrected chi connectivity index (χ1v) is 7.65. The molecule has 0 heterocycles. The molecule has 0 aliphatic carbocycles. The standard InChI is InChI=1S/C18H28O2/c1-13(2)12-20-18-10-9-16(8-6-7-15(5)19)11-17(18)14(3)4/h9-11,13-14H,6-8,12H2,1-5H3. The van der Waals surface area contributed by atoms with E-state index in [1.165, 1.54) is 11.1 Å². The second-order valence-corrected chi connectivity index (χ2v) is 6.29. The van der Waals surface area contributed by atoms with E-state index in [4.69, 9.17) is 4.74 Å². The smallest absolute Gasteiger partial charge is 0.129 e. The zero-order valence-electron chi connectivity index (χ0n) is 13.5. The molecule has 0 N–H and O–H groups in total. The first kappa shape index (κ1) is 16.7. The molecule has 0 radical (unpaired) electrons. The minimum Gasteiger partial charge on any atom is -0.493 e. The Morgan fingerprint density at radius 3 is 2.45 bits per heavy atom. The highest BCUT2D eigenvalue weighted by molar-refractivity contribution is 5.75. The number of benzene rings is 1. The summed E-state index contributed by atoms with van der Waals surface area (Å²) in [5, 5.41) is 0. The van der Waals surface area contributed by atoms with Crippen LogP contribution < -0.4 is 4.74 Å². The number of ketones is 1. The quantitative estimate of drug-likeness (QED) is 0.684. The van der Waals surface area contributed by atoms with Crippen molar-refractivity contribution in [3.63, 3.8) is 0 Å². The van der Waals surface area contributed by atoms with Crippen molar-refractivity contribution in [1.82, 2.24) is 0 Å². The summed E-state index contributed by atoms with van der Waals surface area (Å²) in [6.07, 6.45) is 2.56. The molecule has 20 heavy (non-hydrogen) atoms. The van der Waals surface area contributed by atoms with Crippen LogP contribution in [-0.2, 0) is 11.2 Å². The van der Waals surface area contributed by atoms with Gasteiger partial charge in [0.05, 0.1) is 6.61 Å². The fourth-order valence-corrected chi connectivity index (χ4v) is 2.13. The number of carbonyl (C=O) groups is 1. The van der Waals surface area contributed by atoms with Gasteiger partial charge in [-0.25, -0.2) is 0 Å². The molecule has 1 aromatic carbocycles. The average molecular weight is 276 g/mol. The van der Waals surface area contributed by atoms with Gasteiger partial charge in [-0.2, -0.15) is 0 Å². The number of Topliss-reactive ketones (excluding diaryl/α,β-unsaturated/α-hetero) is 1. The van der Waals surface area contributed by atoms with Gasteiger partial charge in [0, 0.05) is 6.42 Å². The van der Waals surface area contributed by atoms with E-state index in [1.54, 1.807) is 6.92 Å². The highest BCUT2D eigenvalue weighted by Gasteiger charge is 2.10. The van der Waals surface area contributed by atoms with Crippen molar-refractivity contribution in [3.05, 3.63) is 29.3 Å². The lowest BCUT2D eigenvalue weighted by atomic mass is 9.97. The Morgan fingerprint density at radius 2 is 1.90 bits per heavy atom. The maximum absolute atomic E-state index is 11.0. The molecule has 2 heteroatoms. The number of ether oxygens (including phenoxy) is 1. The molecule has 1 aromatic rings. The minimum atomic E-state index is 0.269. The monoisotopic (exact) mass is 276 g/mol. The third-order valence-corrected chi connectivity index (χ3v) is 3.26. The summed E-state index contributed by atoms with van der Waals surface area (Å²) in [4.78, 5) is 11.0. The Labute approximate surface area is 123 Å². The van der Waals surface area contributed by atoms with Gasteiger partial charge in [0.1, 0.15) is 11.5 Å². The van der Waals surface area contributed by atoms with Gasteiger partial charge in [-0.3, -0.25) is 0 Å². The first-order valence-electron chi connectivity index (χ1n) is 7.65. The van der Waals surface area contributed by atoms with Crippen LogP contribution in [0.5, 0.6) is 5.75 Å². The summed E-state index contributed by atoms with van der Waals surface area (Å²) in [7, 11) is 0. The van der Waals surface area contributed by atoms with Crippen LogP contribution in [-0.4, -0.2) is 12.4 Å². The molecule has 1 rings (SSSR count). The predicted molar refractivity (Wildman–Crippen MR) is 84.5 cm³/mol. The van der Waals surface area contributed by atoms with Crippen LogP contribution in [0.25, 0.3) is 0 Å². The Morgan fingerprint density at radius 1 is 1.20 bits per heavy atom. The van der Waals surface area contributed by atoms with Gasteiger partial charge in [-0.15, -0.1) is 0 Å². The van der Waals surface area contributed by atoms with Crippen molar-refractivity contribution < 1.29 is 9.53 Å². The van der Waals surface area contributed by atoms with E-state index in [1.807, 2.05) is 0 Å². The fraction of sp³-hybridized carbons (Fsp3) is 0.611. The van der Waals surface area contributed by atoms with Gasteiger partial charge in [0.2, 0.25) is 0 Å². The van der Waals surface area contributed by atoms with Crippen LogP contribution >= 0.6 is 0 Å². The van der Waals surface area contributed by atoms with Crippen LogP contribution in [0, 0.1) is 5.92 Å². The summed E-state index contributed by atoms with van der Waals surface area (Å²) >= 11 is 0. The summed E-state index contributed by atoms with van der Waals surface area (Å²) < 4.78 is 5.90. The summed E-state index contributed by atoms with van der Waals surface area (Å²) in [6, 6.07) is 6.45. The lowest BCUT2D eigenvalue weighted by Crippen LogP contribution is -2.07. The van der Waals surface area contributed by atoms with Crippen molar-refractivity contribution >= 4 is 5.78 Å². The van der Waals surface area contributed by atoms with E-state index in [0.29, 0.717) is 18.3 Å². The molecule has 0 atom stereocenters. The van der Waals surface area contributed by atoms with Gasteiger partial charge in [0.25, 0.3) is 0 Å². The van der Waals surface area contributed by atoms with Gasteiger partial charge in [-0.1, -0.05) is 39.8 Å². The normalized spacial score (nSPS) is 11.2. The number of aryl methyl sites for hydroxylation is 1. The SMILES string of the molecule is CC(=O)CCCc1ccc(OCC(C)C)c(C(C)C)c1. The molecule has 0 unspecified atom stereocenters. The predicted octanol–water partition coefficient (Wildman–Crippen LogP) is 4.76. The Hall–Kier alpha value is -1.31. The zero-order chi connectivity index (χ0) is 15.1. The van der Waals surface area contributed by atoms with E-state index >= 15 is 0 Å². The molecule has 0 aliphatic rings. The number of hydrogen-bond acceptors (Lipinski definition) is 2. The molecule has 112 valence electrons. The van der Waals surface area contributed by atoms with E-state index in [0.717, 1.165) is 25.2 Å². The van der Waals surface area contributed by atoms with Crippen LogP contribution in [0.15, 0.2) is 18.2 Å². The van der Waals surface area contributed by atoms with E-state index in [9.17, 15) is 4.79 Å². The second-order valence-electron chi connectivity index (χ2n) is 6.29. The molecule has 0 spiro atoms. The van der Waals surface area contributed by atoms with Gasteiger partial charge in [0.15, 0.2) is 0 Å². The molecule has 0 amide bonds. The molecule has 0 fully saturated rings. The Bertz CT molecular complexity index is 433. The molecule has 0 saturated carbocycles. The molecule has 0 saturated heterocycles. The van der Waals surface area contributed by atoms with Crippen LogP contribution in [0.1, 0.15) is 64.5 Å². The second kappa shape index (κ2) is 8.08. The number of hydrogen-bond donors (Lipinski definition) is 0. The Kier molecular flexibility index (Phi) is 6.77. The maximum atomic E-state index is 11.0. The van der Waals surface area contributed by atoms with Crippen LogP contribution in [0.3, 0.4) is 0 Å². The van der Waals surface area contributed by atoms with Crippen LogP contribution in [0.4, 0.5) is 0 Å². The van der Waals surface area contributed by atoms with Crippen molar-refractivity contribution in [3.8, 4) is 5.75 Å². The third kappa shape index (κ3) is 5.77. The minimum absolute atomic E-state index is 0.269. The average Bonchev–Trinajstić information content (AvgIpc) is 2.36. The zero-order valence-corrected chi connectivity index (χ0v) is 13.5. The molecular weight excluding hydrogens is 248 g/mol. The first-order chi connectivity index (χ1) is 9.40. The van der Waals surface area contributed by atoms with Crippen LogP contribution in [0.2, 0.25) is 0 Å². The lowest BCUT2D eigenvalue weighted by molar-refractivity contribution is -0.117. The van der Waals surface area contributed by atoms with Gasteiger partial charge < -0.3 is 9.53 Å². The van der Waals surface area contributed by atoms with E-state index in [-0.39, 0.29) is 5.78 Å². The lowest BCUT2D eigenvalue weighted by Gasteiger charge is -2.17. The van der Waals surface area contributed by atoms with Gasteiger partial charge in [-0.05, 0) is 48.8 Å². The highest BCUT2D eigenvalue weighted by Crippen LogP contribution is 2.28. The van der Waals surface area contributed by atoms with Crippen molar-refractivity contribution in [1.29, 1.82) is 0 Å².